The van der Waals surface area contributed by atoms with Crippen LogP contribution in [-0.2, 0) is 38.3 Å². The summed E-state index contributed by atoms with van der Waals surface area (Å²) in [6.45, 7) is 11.3. The van der Waals surface area contributed by atoms with E-state index in [0.717, 1.165) is 0 Å². The zero-order chi connectivity index (χ0) is 36.4. The van der Waals surface area contributed by atoms with Crippen molar-refractivity contribution in [2.45, 2.75) is 128 Å². The minimum absolute atomic E-state index is 0.00924. The van der Waals surface area contributed by atoms with E-state index >= 15 is 0 Å². The molecule has 0 aromatic heterocycles. The molecule has 272 valence electrons. The quantitative estimate of drug-likeness (QED) is 0.101. The molecule has 0 aromatic rings. The predicted molar refractivity (Wildman–Crippen MR) is 175 cm³/mol. The Kier molecular flexibility index (Phi) is 14.3. The average molecular weight is 682 g/mol. The Morgan fingerprint density at radius 2 is 1.44 bits per heavy atom. The van der Waals surface area contributed by atoms with Gasteiger partial charge in [-0.1, -0.05) is 40.5 Å². The molecular formula is C32H55N7O9. The van der Waals surface area contributed by atoms with Gasteiger partial charge >= 0.3 is 5.97 Å². The van der Waals surface area contributed by atoms with Crippen LogP contribution >= 0.6 is 0 Å². The second-order valence-electron chi connectivity index (χ2n) is 14.3. The van der Waals surface area contributed by atoms with Gasteiger partial charge in [0.05, 0.1) is 19.2 Å². The van der Waals surface area contributed by atoms with Gasteiger partial charge in [0.25, 0.3) is 0 Å². The first kappa shape index (κ1) is 40.4. The molecule has 16 nitrogen and oxygen atoms in total. The maximum absolute atomic E-state index is 13.6. The van der Waals surface area contributed by atoms with E-state index in [1.54, 1.807) is 13.8 Å². The lowest BCUT2D eigenvalue weighted by Gasteiger charge is -2.37. The molecule has 2 aliphatic rings. The molecule has 1 saturated heterocycles. The zero-order valence-electron chi connectivity index (χ0n) is 29.2. The number of carboxylic acids is 1. The summed E-state index contributed by atoms with van der Waals surface area (Å²) in [4.78, 5) is 90.6. The second-order valence-corrected chi connectivity index (χ2v) is 14.3. The number of aliphatic carboxylic acids is 1. The summed E-state index contributed by atoms with van der Waals surface area (Å²) >= 11 is 0. The van der Waals surface area contributed by atoms with Gasteiger partial charge in [-0.15, -0.1) is 0 Å². The van der Waals surface area contributed by atoms with Crippen LogP contribution < -0.4 is 37.6 Å². The Morgan fingerprint density at radius 3 is 1.94 bits per heavy atom. The standard InChI is InChI=1S/C32H55N7O9/c1-18(2)15-21(26(43)44)35-29(47)32(13-10-14-48-17-32)37-22(40)16-34-28(46)31(11-8-9-12-31)39-25(42)23(19(3)4)36-27(45)30(6,7)38-24(41)20(5)33/h18-21,23H,8-17,33H2,1-7H3,(H,34,46)(H,35,47)(H,36,45)(H,37,40)(H,38,41)(H,39,42)(H,43,44)/t20-,21-,23-,32?/m0/s1. The SMILES string of the molecule is CC(C)C[C@H](NC(=O)C1(NC(=O)CNC(=O)C2(NC(=O)[C@@H](NC(=O)C(C)(C)NC(=O)[C@H](C)N)C(C)C)CCCC2)CCCOC1)C(=O)O. The molecule has 1 aliphatic carbocycles. The summed E-state index contributed by atoms with van der Waals surface area (Å²) < 4.78 is 5.50. The van der Waals surface area contributed by atoms with Crippen LogP contribution in [0.3, 0.4) is 0 Å². The van der Waals surface area contributed by atoms with Crippen molar-refractivity contribution in [1.82, 2.24) is 31.9 Å². The highest BCUT2D eigenvalue weighted by Crippen LogP contribution is 2.30. The molecule has 16 heteroatoms. The van der Waals surface area contributed by atoms with Crippen molar-refractivity contribution in [2.75, 3.05) is 19.8 Å². The van der Waals surface area contributed by atoms with Gasteiger partial charge in [0.15, 0.2) is 0 Å². The molecule has 1 heterocycles. The van der Waals surface area contributed by atoms with Crippen molar-refractivity contribution in [3.63, 3.8) is 0 Å². The molecule has 9 N–H and O–H groups in total. The highest BCUT2D eigenvalue weighted by Gasteiger charge is 2.46. The lowest BCUT2D eigenvalue weighted by molar-refractivity contribution is -0.146. The Bertz CT molecular complexity index is 1210. The van der Waals surface area contributed by atoms with E-state index in [2.05, 4.69) is 31.9 Å². The van der Waals surface area contributed by atoms with Gasteiger partial charge in [-0.2, -0.15) is 0 Å². The summed E-state index contributed by atoms with van der Waals surface area (Å²) in [5, 5.41) is 25.5. The van der Waals surface area contributed by atoms with Gasteiger partial charge in [-0.05, 0) is 64.7 Å². The van der Waals surface area contributed by atoms with Gasteiger partial charge in [0.2, 0.25) is 35.4 Å². The Morgan fingerprint density at radius 1 is 0.833 bits per heavy atom. The van der Waals surface area contributed by atoms with Crippen LogP contribution in [0, 0.1) is 11.8 Å². The number of ether oxygens (including phenoxy) is 1. The summed E-state index contributed by atoms with van der Waals surface area (Å²) in [5.74, 6) is -5.31. The van der Waals surface area contributed by atoms with E-state index < -0.39 is 82.7 Å². The summed E-state index contributed by atoms with van der Waals surface area (Å²) in [6, 6.07) is -3.05. The second kappa shape index (κ2) is 17.0. The number of nitrogens with two attached hydrogens (primary N) is 1. The van der Waals surface area contributed by atoms with Gasteiger partial charge in [0.1, 0.15) is 28.7 Å². The Labute approximate surface area is 282 Å². The third-order valence-electron chi connectivity index (χ3n) is 8.68. The largest absolute Gasteiger partial charge is 0.480 e. The maximum atomic E-state index is 13.6. The first-order valence-electron chi connectivity index (χ1n) is 16.7. The van der Waals surface area contributed by atoms with Gasteiger partial charge < -0.3 is 47.5 Å². The van der Waals surface area contributed by atoms with Crippen molar-refractivity contribution >= 4 is 41.4 Å². The fraction of sp³-hybridized carbons (Fsp3) is 0.781. The highest BCUT2D eigenvalue weighted by atomic mass is 16.5. The molecule has 0 bridgehead atoms. The van der Waals surface area contributed by atoms with Crippen molar-refractivity contribution in [2.24, 2.45) is 17.6 Å². The predicted octanol–water partition coefficient (Wildman–Crippen LogP) is -0.805. The summed E-state index contributed by atoms with van der Waals surface area (Å²) in [6.07, 6.45) is 2.72. The van der Waals surface area contributed by atoms with Crippen molar-refractivity contribution in [3.8, 4) is 0 Å². The molecule has 1 saturated carbocycles. The Balaban J connectivity index is 2.13. The number of nitrogens with one attached hydrogen (secondary N) is 6. The fourth-order valence-corrected chi connectivity index (χ4v) is 5.80. The number of amides is 6. The van der Waals surface area contributed by atoms with E-state index in [1.165, 1.54) is 20.8 Å². The monoisotopic (exact) mass is 681 g/mol. The minimum Gasteiger partial charge on any atom is -0.480 e. The minimum atomic E-state index is -1.53. The van der Waals surface area contributed by atoms with Crippen LogP contribution in [0.5, 0.6) is 0 Å². The van der Waals surface area contributed by atoms with Crippen LogP contribution in [0.4, 0.5) is 0 Å². The highest BCUT2D eigenvalue weighted by molar-refractivity contribution is 5.99. The molecule has 0 radical (unpaired) electrons. The number of carboxylic acid groups (broad SMARTS) is 1. The Hall–Kier alpha value is -3.79. The first-order chi connectivity index (χ1) is 22.2. The maximum Gasteiger partial charge on any atom is 0.326 e. The van der Waals surface area contributed by atoms with Crippen LogP contribution in [0.15, 0.2) is 0 Å². The van der Waals surface area contributed by atoms with E-state index in [9.17, 15) is 38.7 Å². The third-order valence-corrected chi connectivity index (χ3v) is 8.68. The lowest BCUT2D eigenvalue weighted by atomic mass is 9.90. The molecule has 2 rings (SSSR count). The molecular weight excluding hydrogens is 626 g/mol. The van der Waals surface area contributed by atoms with Crippen LogP contribution in [0.2, 0.25) is 0 Å². The molecule has 1 unspecified atom stereocenters. The van der Waals surface area contributed by atoms with Gasteiger partial charge in [0, 0.05) is 6.61 Å². The smallest absolute Gasteiger partial charge is 0.326 e. The summed E-state index contributed by atoms with van der Waals surface area (Å²) in [7, 11) is 0. The number of hydrogen-bond acceptors (Lipinski definition) is 9. The van der Waals surface area contributed by atoms with E-state index in [0.29, 0.717) is 38.7 Å². The van der Waals surface area contributed by atoms with Crippen LogP contribution in [0.25, 0.3) is 0 Å². The van der Waals surface area contributed by atoms with Crippen molar-refractivity contribution in [1.29, 1.82) is 0 Å². The lowest BCUT2D eigenvalue weighted by Crippen LogP contribution is -2.66. The van der Waals surface area contributed by atoms with Crippen LogP contribution in [-0.4, -0.2) is 101 Å². The number of rotatable bonds is 16. The number of carbonyl (C=O) groups excluding carboxylic acids is 6. The molecule has 6 amide bonds. The molecule has 2 fully saturated rings. The first-order valence-corrected chi connectivity index (χ1v) is 16.7. The third kappa shape index (κ3) is 10.9. The number of hydrogen-bond donors (Lipinski definition) is 8. The molecule has 1 aliphatic heterocycles. The van der Waals surface area contributed by atoms with E-state index in [-0.39, 0.29) is 31.3 Å². The topological polar surface area (TPSA) is 247 Å². The summed E-state index contributed by atoms with van der Waals surface area (Å²) in [5.41, 5.74) is 1.36. The van der Waals surface area contributed by atoms with E-state index in [4.69, 9.17) is 10.5 Å². The average Bonchev–Trinajstić information content (AvgIpc) is 3.47. The van der Waals surface area contributed by atoms with Crippen molar-refractivity contribution in [3.05, 3.63) is 0 Å². The van der Waals surface area contributed by atoms with Gasteiger partial charge in [-0.3, -0.25) is 28.8 Å². The normalized spacial score (nSPS) is 21.0. The molecule has 4 atom stereocenters. The van der Waals surface area contributed by atoms with Crippen molar-refractivity contribution < 1.29 is 43.4 Å². The molecule has 0 aromatic carbocycles. The molecule has 0 spiro atoms. The number of carbonyl (C=O) groups is 7. The molecule has 48 heavy (non-hydrogen) atoms. The zero-order valence-corrected chi connectivity index (χ0v) is 29.2. The van der Waals surface area contributed by atoms with E-state index in [1.807, 2.05) is 13.8 Å². The van der Waals surface area contributed by atoms with Crippen LogP contribution in [0.1, 0.15) is 93.4 Å². The fourth-order valence-electron chi connectivity index (χ4n) is 5.80. The van der Waals surface area contributed by atoms with Gasteiger partial charge in [-0.25, -0.2) is 4.79 Å².